The summed E-state index contributed by atoms with van der Waals surface area (Å²) in [6.07, 6.45) is -2.80. The van der Waals surface area contributed by atoms with Crippen molar-refractivity contribution in [3.63, 3.8) is 0 Å². The molecule has 3 nitrogen and oxygen atoms in total. The summed E-state index contributed by atoms with van der Waals surface area (Å²) in [6, 6.07) is 12.1. The Balaban J connectivity index is 0.00000196. The number of nitrogens with one attached hydrogen (secondary N) is 2. The third kappa shape index (κ3) is 3.66. The molecule has 0 aliphatic carbocycles. The minimum Gasteiger partial charge on any atom is -0.406 e. The number of benzene rings is 2. The number of alkyl halides is 3. The Kier molecular flexibility index (Phi) is 5.16. The molecule has 0 spiro atoms. The standard InChI is InChI=1S/C19H17F3N2O.ClH/c20-19(21,22)25-13-6-4-12(5-7-13)14-2-1-3-17-18(14)15-8-10-23-11-9-16(15)24-17;/h1-7,23-24H,8-11H2;1H. The molecule has 0 saturated heterocycles. The first-order valence-electron chi connectivity index (χ1n) is 8.20. The largest absolute Gasteiger partial charge is 0.573 e. The summed E-state index contributed by atoms with van der Waals surface area (Å²) >= 11 is 0. The fourth-order valence-electron chi connectivity index (χ4n) is 3.49. The highest BCUT2D eigenvalue weighted by atomic mass is 35.5. The van der Waals surface area contributed by atoms with Crippen molar-refractivity contribution >= 4 is 23.3 Å². The van der Waals surface area contributed by atoms with E-state index in [4.69, 9.17) is 0 Å². The van der Waals surface area contributed by atoms with E-state index in [0.717, 1.165) is 48.0 Å². The van der Waals surface area contributed by atoms with E-state index >= 15 is 0 Å². The number of H-pyrrole nitrogens is 1. The third-order valence-corrected chi connectivity index (χ3v) is 4.52. The van der Waals surface area contributed by atoms with Crippen molar-refractivity contribution in [2.24, 2.45) is 0 Å². The normalized spacial score (nSPS) is 14.4. The van der Waals surface area contributed by atoms with Crippen LogP contribution in [0.4, 0.5) is 13.2 Å². The van der Waals surface area contributed by atoms with Gasteiger partial charge in [0.05, 0.1) is 0 Å². The van der Waals surface area contributed by atoms with E-state index in [0.29, 0.717) is 0 Å². The van der Waals surface area contributed by atoms with Gasteiger partial charge in [0.2, 0.25) is 0 Å². The van der Waals surface area contributed by atoms with Crippen LogP contribution in [0.15, 0.2) is 42.5 Å². The molecule has 0 atom stereocenters. The third-order valence-electron chi connectivity index (χ3n) is 4.52. The molecule has 0 fully saturated rings. The number of fused-ring (bicyclic) bond motifs is 3. The first-order chi connectivity index (χ1) is 12.0. The average molecular weight is 383 g/mol. The number of aromatic amines is 1. The van der Waals surface area contributed by atoms with Crippen molar-refractivity contribution in [2.75, 3.05) is 13.1 Å². The Morgan fingerprint density at radius 3 is 2.38 bits per heavy atom. The lowest BCUT2D eigenvalue weighted by Crippen LogP contribution is -2.16. The van der Waals surface area contributed by atoms with E-state index in [1.807, 2.05) is 18.2 Å². The van der Waals surface area contributed by atoms with Gasteiger partial charge in [0, 0.05) is 29.6 Å². The van der Waals surface area contributed by atoms with E-state index in [2.05, 4.69) is 15.0 Å². The number of ether oxygens (including phenoxy) is 1. The van der Waals surface area contributed by atoms with Crippen molar-refractivity contribution in [3.8, 4) is 16.9 Å². The molecule has 0 saturated carbocycles. The number of rotatable bonds is 2. The smallest absolute Gasteiger partial charge is 0.406 e. The topological polar surface area (TPSA) is 37.0 Å². The predicted molar refractivity (Wildman–Crippen MR) is 97.9 cm³/mol. The van der Waals surface area contributed by atoms with Crippen molar-refractivity contribution in [3.05, 3.63) is 53.7 Å². The van der Waals surface area contributed by atoms with Crippen LogP contribution in [-0.4, -0.2) is 24.4 Å². The molecule has 7 heteroatoms. The fraction of sp³-hybridized carbons (Fsp3) is 0.263. The lowest BCUT2D eigenvalue weighted by Gasteiger charge is -2.10. The highest BCUT2D eigenvalue weighted by molar-refractivity contribution is 5.98. The highest BCUT2D eigenvalue weighted by Gasteiger charge is 2.31. The van der Waals surface area contributed by atoms with Crippen LogP contribution in [0.3, 0.4) is 0 Å². The lowest BCUT2D eigenvalue weighted by molar-refractivity contribution is -0.274. The number of aromatic nitrogens is 1. The Bertz CT molecular complexity index is 904. The van der Waals surface area contributed by atoms with Gasteiger partial charge in [0.15, 0.2) is 0 Å². The molecule has 1 aliphatic rings. The van der Waals surface area contributed by atoms with Crippen LogP contribution in [-0.2, 0) is 12.8 Å². The van der Waals surface area contributed by atoms with Gasteiger partial charge in [0.1, 0.15) is 5.75 Å². The quantitative estimate of drug-likeness (QED) is 0.665. The van der Waals surface area contributed by atoms with E-state index < -0.39 is 6.36 Å². The Hall–Kier alpha value is -2.18. The Labute approximate surface area is 155 Å². The summed E-state index contributed by atoms with van der Waals surface area (Å²) < 4.78 is 40.9. The molecule has 26 heavy (non-hydrogen) atoms. The maximum absolute atomic E-state index is 12.3. The summed E-state index contributed by atoms with van der Waals surface area (Å²) in [5.74, 6) is -0.208. The first-order valence-corrected chi connectivity index (χ1v) is 8.20. The Morgan fingerprint density at radius 2 is 1.65 bits per heavy atom. The van der Waals surface area contributed by atoms with Crippen LogP contribution in [0.2, 0.25) is 0 Å². The van der Waals surface area contributed by atoms with E-state index in [-0.39, 0.29) is 18.2 Å². The van der Waals surface area contributed by atoms with Gasteiger partial charge in [0.25, 0.3) is 0 Å². The molecule has 0 amide bonds. The van der Waals surface area contributed by atoms with Crippen LogP contribution < -0.4 is 10.1 Å². The van der Waals surface area contributed by atoms with Gasteiger partial charge >= 0.3 is 6.36 Å². The molecule has 1 aliphatic heterocycles. The second-order valence-corrected chi connectivity index (χ2v) is 6.13. The minimum atomic E-state index is -4.67. The molecule has 1 aromatic heterocycles. The summed E-state index contributed by atoms with van der Waals surface area (Å²) in [5, 5.41) is 4.55. The highest BCUT2D eigenvalue weighted by Crippen LogP contribution is 2.35. The van der Waals surface area contributed by atoms with Crippen molar-refractivity contribution in [2.45, 2.75) is 19.2 Å². The van der Waals surface area contributed by atoms with Crippen molar-refractivity contribution in [1.82, 2.24) is 10.3 Å². The molecule has 2 N–H and O–H groups in total. The van der Waals surface area contributed by atoms with E-state index in [9.17, 15) is 13.2 Å². The van der Waals surface area contributed by atoms with Gasteiger partial charge < -0.3 is 15.0 Å². The van der Waals surface area contributed by atoms with E-state index in [1.54, 1.807) is 12.1 Å². The fourth-order valence-corrected chi connectivity index (χ4v) is 3.49. The number of halogens is 4. The van der Waals surface area contributed by atoms with Crippen LogP contribution >= 0.6 is 12.4 Å². The van der Waals surface area contributed by atoms with Crippen molar-refractivity contribution < 1.29 is 17.9 Å². The predicted octanol–water partition coefficient (Wildman–Crippen LogP) is 4.84. The second-order valence-electron chi connectivity index (χ2n) is 6.13. The molecule has 3 aromatic rings. The van der Waals surface area contributed by atoms with Crippen LogP contribution in [0.5, 0.6) is 5.75 Å². The van der Waals surface area contributed by atoms with Gasteiger partial charge in [-0.05, 0) is 47.9 Å². The summed E-state index contributed by atoms with van der Waals surface area (Å²) in [7, 11) is 0. The van der Waals surface area contributed by atoms with Gasteiger partial charge in [-0.3, -0.25) is 0 Å². The summed E-state index contributed by atoms with van der Waals surface area (Å²) in [5.41, 5.74) is 5.50. The molecule has 0 unspecified atom stereocenters. The zero-order valence-corrected chi connectivity index (χ0v) is 14.6. The maximum Gasteiger partial charge on any atom is 0.573 e. The first kappa shape index (κ1) is 18.6. The number of hydrogen-bond acceptors (Lipinski definition) is 2. The zero-order valence-electron chi connectivity index (χ0n) is 13.8. The van der Waals surface area contributed by atoms with Gasteiger partial charge in [-0.1, -0.05) is 24.3 Å². The minimum absolute atomic E-state index is 0. The van der Waals surface area contributed by atoms with E-state index in [1.165, 1.54) is 23.4 Å². The molecule has 2 aromatic carbocycles. The number of hydrogen-bond donors (Lipinski definition) is 2. The maximum atomic E-state index is 12.3. The summed E-state index contributed by atoms with van der Waals surface area (Å²) in [6.45, 7) is 1.87. The summed E-state index contributed by atoms with van der Waals surface area (Å²) in [4.78, 5) is 3.50. The van der Waals surface area contributed by atoms with Gasteiger partial charge in [-0.25, -0.2) is 0 Å². The van der Waals surface area contributed by atoms with Gasteiger partial charge in [-0.15, -0.1) is 25.6 Å². The Morgan fingerprint density at radius 1 is 0.923 bits per heavy atom. The monoisotopic (exact) mass is 382 g/mol. The lowest BCUT2D eigenvalue weighted by atomic mass is 9.97. The van der Waals surface area contributed by atoms with Crippen molar-refractivity contribution in [1.29, 1.82) is 0 Å². The van der Waals surface area contributed by atoms with Gasteiger partial charge in [-0.2, -0.15) is 0 Å². The average Bonchev–Trinajstić information content (AvgIpc) is 2.76. The molecule has 2 heterocycles. The molecular formula is C19H18ClF3N2O. The molecule has 138 valence electrons. The zero-order chi connectivity index (χ0) is 17.4. The van der Waals surface area contributed by atoms with Crippen LogP contribution in [0, 0.1) is 0 Å². The SMILES string of the molecule is Cl.FC(F)(F)Oc1ccc(-c2cccc3[nH]c4c(c23)CCNCC4)cc1. The molecule has 0 radical (unpaired) electrons. The molecule has 0 bridgehead atoms. The molecule has 4 rings (SSSR count). The van der Waals surface area contributed by atoms with Crippen LogP contribution in [0.1, 0.15) is 11.3 Å². The molecular weight excluding hydrogens is 365 g/mol. The second kappa shape index (κ2) is 7.21. The van der Waals surface area contributed by atoms with Crippen LogP contribution in [0.25, 0.3) is 22.0 Å².